The molecule has 2 rings (SSSR count). The van der Waals surface area contributed by atoms with Crippen LogP contribution >= 0.6 is 0 Å². The normalized spacial score (nSPS) is 17.7. The van der Waals surface area contributed by atoms with Crippen molar-refractivity contribution in [2.75, 3.05) is 13.2 Å². The van der Waals surface area contributed by atoms with E-state index in [0.29, 0.717) is 12.0 Å². The van der Waals surface area contributed by atoms with Crippen molar-refractivity contribution < 1.29 is 17.9 Å². The summed E-state index contributed by atoms with van der Waals surface area (Å²) in [4.78, 5) is 0. The smallest absolute Gasteiger partial charge is 0.351 e. The predicted octanol–water partition coefficient (Wildman–Crippen LogP) is 3.09. The maximum atomic E-state index is 12.0. The Kier molecular flexibility index (Phi) is 4.52. The van der Waals surface area contributed by atoms with E-state index < -0.39 is 12.8 Å². The van der Waals surface area contributed by atoms with Gasteiger partial charge in [-0.05, 0) is 36.9 Å². The van der Waals surface area contributed by atoms with Crippen molar-refractivity contribution in [1.29, 1.82) is 0 Å². The van der Waals surface area contributed by atoms with Crippen LogP contribution in [0.15, 0.2) is 18.5 Å². The van der Waals surface area contributed by atoms with E-state index in [-0.39, 0.29) is 6.73 Å². The van der Waals surface area contributed by atoms with E-state index in [2.05, 4.69) is 17.0 Å². The van der Waals surface area contributed by atoms with Gasteiger partial charge < -0.3 is 14.6 Å². The SMILES string of the molecule is CCNC(c1ccn(COCC(F)(F)F)c1)C1CC1. The second kappa shape index (κ2) is 5.96. The summed E-state index contributed by atoms with van der Waals surface area (Å²) >= 11 is 0. The van der Waals surface area contributed by atoms with Crippen molar-refractivity contribution in [3.05, 3.63) is 24.0 Å². The summed E-state index contributed by atoms with van der Waals surface area (Å²) in [6, 6.07) is 2.26. The van der Waals surface area contributed by atoms with E-state index in [9.17, 15) is 13.2 Å². The molecule has 1 aliphatic carbocycles. The predicted molar refractivity (Wildman–Crippen MR) is 65.6 cm³/mol. The fourth-order valence-corrected chi connectivity index (χ4v) is 2.20. The molecule has 0 aliphatic heterocycles. The van der Waals surface area contributed by atoms with E-state index in [1.54, 1.807) is 10.8 Å². The molecule has 0 bridgehead atoms. The molecule has 1 aromatic rings. The third-order valence-electron chi connectivity index (χ3n) is 3.16. The van der Waals surface area contributed by atoms with Crippen LogP contribution in [0.1, 0.15) is 31.4 Å². The molecule has 0 amide bonds. The summed E-state index contributed by atoms with van der Waals surface area (Å²) < 4.78 is 42.2. The van der Waals surface area contributed by atoms with E-state index in [1.165, 1.54) is 12.8 Å². The number of halogens is 3. The minimum atomic E-state index is -4.27. The first-order chi connectivity index (χ1) is 8.99. The van der Waals surface area contributed by atoms with Gasteiger partial charge in [0.25, 0.3) is 0 Å². The number of ether oxygens (including phenoxy) is 1. The Bertz CT molecular complexity index is 399. The molecule has 1 heterocycles. The minimum absolute atomic E-state index is 0.0664. The Labute approximate surface area is 110 Å². The Morgan fingerprint density at radius 3 is 2.79 bits per heavy atom. The lowest BCUT2D eigenvalue weighted by Crippen LogP contribution is -2.22. The molecule has 1 fully saturated rings. The third kappa shape index (κ3) is 4.54. The molecule has 6 heteroatoms. The summed E-state index contributed by atoms with van der Waals surface area (Å²) in [5, 5.41) is 3.42. The lowest BCUT2D eigenvalue weighted by Gasteiger charge is -2.15. The summed E-state index contributed by atoms with van der Waals surface area (Å²) in [6.07, 6.45) is 1.79. The molecule has 0 saturated heterocycles. The molecule has 0 aromatic carbocycles. The van der Waals surface area contributed by atoms with Gasteiger partial charge in [-0.25, -0.2) is 0 Å². The van der Waals surface area contributed by atoms with Crippen molar-refractivity contribution in [3.8, 4) is 0 Å². The average Bonchev–Trinajstić information content (AvgIpc) is 3.05. The van der Waals surface area contributed by atoms with Gasteiger partial charge in [0.2, 0.25) is 0 Å². The van der Waals surface area contributed by atoms with Gasteiger partial charge in [-0.15, -0.1) is 0 Å². The quantitative estimate of drug-likeness (QED) is 0.828. The highest BCUT2D eigenvalue weighted by Gasteiger charge is 2.32. The fourth-order valence-electron chi connectivity index (χ4n) is 2.20. The van der Waals surface area contributed by atoms with Crippen LogP contribution in [0.25, 0.3) is 0 Å². The topological polar surface area (TPSA) is 26.2 Å². The maximum absolute atomic E-state index is 12.0. The lowest BCUT2D eigenvalue weighted by atomic mass is 10.1. The molecule has 1 N–H and O–H groups in total. The van der Waals surface area contributed by atoms with Gasteiger partial charge >= 0.3 is 6.18 Å². The van der Waals surface area contributed by atoms with Crippen LogP contribution in [0.2, 0.25) is 0 Å². The molecule has 3 nitrogen and oxygen atoms in total. The van der Waals surface area contributed by atoms with E-state index >= 15 is 0 Å². The number of alkyl halides is 3. The minimum Gasteiger partial charge on any atom is -0.351 e. The van der Waals surface area contributed by atoms with Crippen molar-refractivity contribution in [1.82, 2.24) is 9.88 Å². The van der Waals surface area contributed by atoms with E-state index in [4.69, 9.17) is 0 Å². The summed E-state index contributed by atoms with van der Waals surface area (Å²) in [7, 11) is 0. The van der Waals surface area contributed by atoms with Gasteiger partial charge in [0.1, 0.15) is 13.3 Å². The molecule has 19 heavy (non-hydrogen) atoms. The van der Waals surface area contributed by atoms with Gasteiger partial charge in [0.15, 0.2) is 0 Å². The standard InChI is InChI=1S/C13H19F3N2O/c1-2-17-12(10-3-4-10)11-5-6-18(7-11)9-19-8-13(14,15)16/h5-7,10,12,17H,2-4,8-9H2,1H3. The van der Waals surface area contributed by atoms with Crippen LogP contribution in [0, 0.1) is 5.92 Å². The summed E-state index contributed by atoms with van der Waals surface area (Å²) in [5.41, 5.74) is 1.12. The van der Waals surface area contributed by atoms with E-state index in [0.717, 1.165) is 12.1 Å². The second-order valence-electron chi connectivity index (χ2n) is 4.92. The highest BCUT2D eigenvalue weighted by Crippen LogP contribution is 2.40. The number of aromatic nitrogens is 1. The van der Waals surface area contributed by atoms with Crippen molar-refractivity contribution >= 4 is 0 Å². The number of nitrogens with zero attached hydrogens (tertiary/aromatic N) is 1. The Hall–Kier alpha value is -1.01. The largest absolute Gasteiger partial charge is 0.411 e. The number of hydrogen-bond donors (Lipinski definition) is 1. The molecule has 1 aromatic heterocycles. The lowest BCUT2D eigenvalue weighted by molar-refractivity contribution is -0.181. The number of rotatable bonds is 7. The van der Waals surface area contributed by atoms with E-state index in [1.807, 2.05) is 12.3 Å². The first-order valence-corrected chi connectivity index (χ1v) is 6.53. The Balaban J connectivity index is 1.87. The third-order valence-corrected chi connectivity index (χ3v) is 3.16. The highest BCUT2D eigenvalue weighted by molar-refractivity contribution is 5.18. The zero-order valence-electron chi connectivity index (χ0n) is 10.9. The van der Waals surface area contributed by atoms with Crippen LogP contribution < -0.4 is 5.32 Å². The molecule has 0 radical (unpaired) electrons. The highest BCUT2D eigenvalue weighted by atomic mass is 19.4. The average molecular weight is 276 g/mol. The Morgan fingerprint density at radius 1 is 1.47 bits per heavy atom. The van der Waals surface area contributed by atoms with Crippen LogP contribution in [0.5, 0.6) is 0 Å². The van der Waals surface area contributed by atoms with Gasteiger partial charge in [0, 0.05) is 18.4 Å². The van der Waals surface area contributed by atoms with Gasteiger partial charge in [0.05, 0.1) is 0 Å². The number of hydrogen-bond acceptors (Lipinski definition) is 2. The molecule has 1 aliphatic rings. The monoisotopic (exact) mass is 276 g/mol. The van der Waals surface area contributed by atoms with Crippen molar-refractivity contribution in [3.63, 3.8) is 0 Å². The van der Waals surface area contributed by atoms with Gasteiger partial charge in [-0.1, -0.05) is 6.92 Å². The van der Waals surface area contributed by atoms with Crippen LogP contribution in [-0.4, -0.2) is 23.9 Å². The summed E-state index contributed by atoms with van der Waals surface area (Å²) in [6.45, 7) is 1.67. The molecule has 1 saturated carbocycles. The van der Waals surface area contributed by atoms with Crippen molar-refractivity contribution in [2.24, 2.45) is 5.92 Å². The van der Waals surface area contributed by atoms with Gasteiger partial charge in [-0.3, -0.25) is 0 Å². The van der Waals surface area contributed by atoms with Crippen LogP contribution in [-0.2, 0) is 11.5 Å². The Morgan fingerprint density at radius 2 is 2.21 bits per heavy atom. The number of nitrogens with one attached hydrogen (secondary N) is 1. The molecule has 1 atom stereocenters. The second-order valence-corrected chi connectivity index (χ2v) is 4.92. The van der Waals surface area contributed by atoms with Gasteiger partial charge in [-0.2, -0.15) is 13.2 Å². The first-order valence-electron chi connectivity index (χ1n) is 6.53. The van der Waals surface area contributed by atoms with Crippen LogP contribution in [0.3, 0.4) is 0 Å². The molecular weight excluding hydrogens is 257 g/mol. The fraction of sp³-hybridized carbons (Fsp3) is 0.692. The zero-order valence-corrected chi connectivity index (χ0v) is 10.9. The molecule has 108 valence electrons. The molecule has 0 spiro atoms. The molecular formula is C13H19F3N2O. The van der Waals surface area contributed by atoms with Crippen LogP contribution in [0.4, 0.5) is 13.2 Å². The zero-order chi connectivity index (χ0) is 13.9. The van der Waals surface area contributed by atoms with Crippen molar-refractivity contribution in [2.45, 2.75) is 38.7 Å². The molecule has 1 unspecified atom stereocenters. The first kappa shape index (κ1) is 14.4. The maximum Gasteiger partial charge on any atom is 0.411 e. The summed E-state index contributed by atoms with van der Waals surface area (Å²) in [5.74, 6) is 0.659.